The molecule has 0 radical (unpaired) electrons. The minimum atomic E-state index is -0.365. The number of aromatic nitrogens is 3. The van der Waals surface area contributed by atoms with Gasteiger partial charge in [-0.3, -0.25) is 4.40 Å². The molecule has 1 unspecified atom stereocenters. The Bertz CT molecular complexity index is 895. The SMILES string of the molecule is COc1cc(F)cc(-c2cnc3c(N4CCC(O)C4)nccn23)c1. The zero-order chi connectivity index (χ0) is 16.7. The number of benzene rings is 1. The number of hydrogen-bond donors (Lipinski definition) is 1. The highest BCUT2D eigenvalue weighted by molar-refractivity contribution is 5.72. The maximum atomic E-state index is 13.8. The Kier molecular flexibility index (Phi) is 3.57. The summed E-state index contributed by atoms with van der Waals surface area (Å²) < 4.78 is 20.8. The number of aliphatic hydroxyl groups excluding tert-OH is 1. The van der Waals surface area contributed by atoms with Gasteiger partial charge in [0.1, 0.15) is 11.6 Å². The van der Waals surface area contributed by atoms with Crippen LogP contribution in [0.5, 0.6) is 5.75 Å². The Hall–Kier alpha value is -2.67. The largest absolute Gasteiger partial charge is 0.497 e. The fourth-order valence-electron chi connectivity index (χ4n) is 3.10. The van der Waals surface area contributed by atoms with Gasteiger partial charge in [-0.05, 0) is 18.6 Å². The van der Waals surface area contributed by atoms with Crippen LogP contribution in [0.1, 0.15) is 6.42 Å². The first-order valence-corrected chi connectivity index (χ1v) is 7.76. The van der Waals surface area contributed by atoms with Gasteiger partial charge < -0.3 is 14.7 Å². The van der Waals surface area contributed by atoms with Gasteiger partial charge >= 0.3 is 0 Å². The molecule has 6 nitrogen and oxygen atoms in total. The number of imidazole rings is 1. The van der Waals surface area contributed by atoms with Crippen LogP contribution in [0.25, 0.3) is 16.9 Å². The number of β-amino-alcohol motifs (C(OH)–C–C–N with tert-alkyl or cyclic N) is 1. The summed E-state index contributed by atoms with van der Waals surface area (Å²) in [6, 6.07) is 4.56. The second kappa shape index (κ2) is 5.76. The zero-order valence-corrected chi connectivity index (χ0v) is 13.2. The highest BCUT2D eigenvalue weighted by Gasteiger charge is 2.24. The predicted octanol–water partition coefficient (Wildman–Crippen LogP) is 2.11. The molecule has 124 valence electrons. The van der Waals surface area contributed by atoms with E-state index in [-0.39, 0.29) is 11.9 Å². The van der Waals surface area contributed by atoms with Crippen molar-refractivity contribution in [2.75, 3.05) is 25.1 Å². The number of hydrogen-bond acceptors (Lipinski definition) is 5. The molecule has 0 spiro atoms. The van der Waals surface area contributed by atoms with E-state index < -0.39 is 0 Å². The lowest BCUT2D eigenvalue weighted by atomic mass is 10.1. The van der Waals surface area contributed by atoms with E-state index >= 15 is 0 Å². The Morgan fingerprint density at radius 1 is 1.29 bits per heavy atom. The minimum Gasteiger partial charge on any atom is -0.497 e. The second-order valence-corrected chi connectivity index (χ2v) is 5.86. The van der Waals surface area contributed by atoms with Crippen molar-refractivity contribution in [3.8, 4) is 17.0 Å². The van der Waals surface area contributed by atoms with Crippen molar-refractivity contribution >= 4 is 11.5 Å². The Morgan fingerprint density at radius 3 is 2.92 bits per heavy atom. The second-order valence-electron chi connectivity index (χ2n) is 5.86. The third-order valence-corrected chi connectivity index (χ3v) is 4.28. The zero-order valence-electron chi connectivity index (χ0n) is 13.2. The maximum Gasteiger partial charge on any atom is 0.180 e. The van der Waals surface area contributed by atoms with E-state index in [2.05, 4.69) is 9.97 Å². The van der Waals surface area contributed by atoms with Gasteiger partial charge in [0, 0.05) is 37.1 Å². The molecular weight excluding hydrogens is 311 g/mol. The smallest absolute Gasteiger partial charge is 0.180 e. The molecule has 1 aromatic carbocycles. The van der Waals surface area contributed by atoms with Crippen molar-refractivity contribution in [3.05, 3.63) is 42.6 Å². The molecule has 1 aliphatic rings. The molecule has 0 aliphatic carbocycles. The molecule has 0 amide bonds. The number of nitrogens with zero attached hydrogens (tertiary/aromatic N) is 4. The van der Waals surface area contributed by atoms with Crippen molar-refractivity contribution in [1.29, 1.82) is 0 Å². The van der Waals surface area contributed by atoms with E-state index in [1.165, 1.54) is 19.2 Å². The Labute approximate surface area is 138 Å². The summed E-state index contributed by atoms with van der Waals surface area (Å²) in [5.41, 5.74) is 2.12. The number of anilines is 1. The van der Waals surface area contributed by atoms with Gasteiger partial charge in [0.05, 0.1) is 25.1 Å². The molecule has 0 bridgehead atoms. The van der Waals surface area contributed by atoms with Gasteiger partial charge in [-0.2, -0.15) is 0 Å². The van der Waals surface area contributed by atoms with E-state index in [0.29, 0.717) is 23.5 Å². The first kappa shape index (κ1) is 14.9. The summed E-state index contributed by atoms with van der Waals surface area (Å²) in [4.78, 5) is 10.9. The number of methoxy groups -OCH3 is 1. The van der Waals surface area contributed by atoms with E-state index in [9.17, 15) is 9.50 Å². The lowest BCUT2D eigenvalue weighted by Crippen LogP contribution is -2.23. The predicted molar refractivity (Wildman–Crippen MR) is 87.8 cm³/mol. The van der Waals surface area contributed by atoms with E-state index in [1.54, 1.807) is 24.7 Å². The monoisotopic (exact) mass is 328 g/mol. The summed E-state index contributed by atoms with van der Waals surface area (Å²) in [6.45, 7) is 1.28. The van der Waals surface area contributed by atoms with E-state index in [4.69, 9.17) is 4.74 Å². The number of fused-ring (bicyclic) bond motifs is 1. The van der Waals surface area contributed by atoms with E-state index in [0.717, 1.165) is 24.5 Å². The quantitative estimate of drug-likeness (QED) is 0.798. The summed E-state index contributed by atoms with van der Waals surface area (Å²) in [5.74, 6) is 0.816. The van der Waals surface area contributed by atoms with Crippen LogP contribution in [0.4, 0.5) is 10.2 Å². The highest BCUT2D eigenvalue weighted by Crippen LogP contribution is 2.29. The average Bonchev–Trinajstić information content (AvgIpc) is 3.20. The summed E-state index contributed by atoms with van der Waals surface area (Å²) >= 11 is 0. The van der Waals surface area contributed by atoms with Crippen LogP contribution in [-0.2, 0) is 0 Å². The molecule has 7 heteroatoms. The number of halogens is 1. The lowest BCUT2D eigenvalue weighted by Gasteiger charge is -2.17. The minimum absolute atomic E-state index is 0.339. The molecule has 3 heterocycles. The van der Waals surface area contributed by atoms with E-state index in [1.807, 2.05) is 9.30 Å². The van der Waals surface area contributed by atoms with Crippen LogP contribution in [0.2, 0.25) is 0 Å². The third kappa shape index (κ3) is 2.46. The van der Waals surface area contributed by atoms with Crippen LogP contribution in [0, 0.1) is 5.82 Å². The van der Waals surface area contributed by atoms with Crippen molar-refractivity contribution in [1.82, 2.24) is 14.4 Å². The van der Waals surface area contributed by atoms with Crippen LogP contribution in [-0.4, -0.2) is 45.8 Å². The maximum absolute atomic E-state index is 13.8. The van der Waals surface area contributed by atoms with Crippen molar-refractivity contribution in [3.63, 3.8) is 0 Å². The molecule has 1 fully saturated rings. The Balaban J connectivity index is 1.83. The molecule has 1 saturated heterocycles. The average molecular weight is 328 g/mol. The topological polar surface area (TPSA) is 62.9 Å². The fourth-order valence-corrected chi connectivity index (χ4v) is 3.10. The normalized spacial score (nSPS) is 17.6. The van der Waals surface area contributed by atoms with Crippen molar-refractivity contribution in [2.45, 2.75) is 12.5 Å². The van der Waals surface area contributed by atoms with Gasteiger partial charge in [0.25, 0.3) is 0 Å². The van der Waals surface area contributed by atoms with Crippen LogP contribution in [0.3, 0.4) is 0 Å². The van der Waals surface area contributed by atoms with Gasteiger partial charge in [-0.25, -0.2) is 14.4 Å². The summed E-state index contributed by atoms with van der Waals surface area (Å²) in [7, 11) is 1.51. The summed E-state index contributed by atoms with van der Waals surface area (Å²) in [5, 5.41) is 9.75. The third-order valence-electron chi connectivity index (χ3n) is 4.28. The molecule has 24 heavy (non-hydrogen) atoms. The van der Waals surface area contributed by atoms with Gasteiger partial charge in [0.15, 0.2) is 11.5 Å². The fraction of sp³-hybridized carbons (Fsp3) is 0.294. The molecule has 1 N–H and O–H groups in total. The molecular formula is C17H17FN4O2. The number of rotatable bonds is 3. The molecule has 1 atom stereocenters. The number of ether oxygens (including phenoxy) is 1. The number of aliphatic hydroxyl groups is 1. The molecule has 1 aliphatic heterocycles. The molecule has 2 aromatic heterocycles. The van der Waals surface area contributed by atoms with Crippen LogP contribution < -0.4 is 9.64 Å². The standard InChI is InChI=1S/C17H17FN4O2/c1-24-14-7-11(6-12(18)8-14)15-9-20-17-16(19-3-5-22(15)17)21-4-2-13(23)10-21/h3,5-9,13,23H,2,4,10H2,1H3. The highest BCUT2D eigenvalue weighted by atomic mass is 19.1. The lowest BCUT2D eigenvalue weighted by molar-refractivity contribution is 0.198. The first-order chi connectivity index (χ1) is 11.7. The van der Waals surface area contributed by atoms with Crippen LogP contribution in [0.15, 0.2) is 36.8 Å². The Morgan fingerprint density at radius 2 is 2.17 bits per heavy atom. The van der Waals surface area contributed by atoms with Crippen LogP contribution >= 0.6 is 0 Å². The molecule has 4 rings (SSSR count). The van der Waals surface area contributed by atoms with Crippen molar-refractivity contribution in [2.24, 2.45) is 0 Å². The van der Waals surface area contributed by atoms with Crippen molar-refractivity contribution < 1.29 is 14.2 Å². The van der Waals surface area contributed by atoms with Gasteiger partial charge in [0.2, 0.25) is 0 Å². The summed E-state index contributed by atoms with van der Waals surface area (Å²) in [6.07, 6.45) is 5.56. The molecule has 3 aromatic rings. The van der Waals surface area contributed by atoms with Gasteiger partial charge in [-0.15, -0.1) is 0 Å². The molecule has 0 saturated carbocycles. The first-order valence-electron chi connectivity index (χ1n) is 7.76. The van der Waals surface area contributed by atoms with Gasteiger partial charge in [-0.1, -0.05) is 0 Å².